The van der Waals surface area contributed by atoms with Crippen molar-refractivity contribution in [2.45, 2.75) is 46.3 Å². The highest BCUT2D eigenvalue weighted by Gasteiger charge is 2.11. The van der Waals surface area contributed by atoms with Gasteiger partial charge in [-0.15, -0.1) is 0 Å². The maximum absolute atomic E-state index is 12.1. The minimum atomic E-state index is -0.199. The van der Waals surface area contributed by atoms with Crippen LogP contribution in [-0.4, -0.2) is 28.0 Å². The van der Waals surface area contributed by atoms with Crippen LogP contribution in [0.4, 0.5) is 11.6 Å². The monoisotopic (exact) mass is 328 g/mol. The van der Waals surface area contributed by atoms with Crippen LogP contribution in [0, 0.1) is 0 Å². The van der Waals surface area contributed by atoms with Crippen molar-refractivity contribution in [1.29, 1.82) is 0 Å². The molecule has 0 spiro atoms. The average molecular weight is 328 g/mol. The van der Waals surface area contributed by atoms with Crippen LogP contribution in [0.15, 0.2) is 36.5 Å². The second-order valence-electron chi connectivity index (χ2n) is 5.86. The van der Waals surface area contributed by atoms with E-state index in [2.05, 4.69) is 20.6 Å². The molecule has 0 aliphatic rings. The van der Waals surface area contributed by atoms with Gasteiger partial charge in [-0.3, -0.25) is 4.79 Å². The molecule has 2 rings (SSSR count). The lowest BCUT2D eigenvalue weighted by Gasteiger charge is -2.12. The summed E-state index contributed by atoms with van der Waals surface area (Å²) in [5.74, 6) is 0.984. The third-order valence-electron chi connectivity index (χ3n) is 3.36. The Balaban J connectivity index is 2.05. The van der Waals surface area contributed by atoms with E-state index in [-0.39, 0.29) is 18.1 Å². The van der Waals surface area contributed by atoms with Gasteiger partial charge in [0.1, 0.15) is 11.4 Å². The highest BCUT2D eigenvalue weighted by atomic mass is 16.5. The van der Waals surface area contributed by atoms with Crippen molar-refractivity contribution in [1.82, 2.24) is 15.3 Å². The van der Waals surface area contributed by atoms with Crippen LogP contribution < -0.4 is 15.4 Å². The van der Waals surface area contributed by atoms with Crippen molar-refractivity contribution in [2.75, 3.05) is 5.32 Å². The fourth-order valence-electron chi connectivity index (χ4n) is 1.96. The molecule has 1 aromatic heterocycles. The lowest BCUT2D eigenvalue weighted by atomic mass is 10.2. The molecule has 0 saturated heterocycles. The molecule has 1 aromatic carbocycles. The number of carbonyl (C=O) groups excluding carboxylic acids is 1. The Labute approximate surface area is 142 Å². The first-order valence-corrected chi connectivity index (χ1v) is 8.15. The molecule has 0 aliphatic carbocycles. The standard InChI is InChI=1S/C18H24N4O2/c1-5-13(4)20-17(23)16-10-11-19-18(22-16)21-14-6-8-15(9-7-14)24-12(2)3/h6-13H,5H2,1-4H3,(H,20,23)(H,19,21,22). The summed E-state index contributed by atoms with van der Waals surface area (Å²) in [5.41, 5.74) is 1.16. The molecule has 1 unspecified atom stereocenters. The number of anilines is 2. The fourth-order valence-corrected chi connectivity index (χ4v) is 1.96. The second kappa shape index (κ2) is 8.29. The molecule has 2 aromatic rings. The van der Waals surface area contributed by atoms with Crippen LogP contribution in [0.5, 0.6) is 5.75 Å². The third kappa shape index (κ3) is 5.22. The van der Waals surface area contributed by atoms with E-state index in [0.29, 0.717) is 11.6 Å². The summed E-state index contributed by atoms with van der Waals surface area (Å²) < 4.78 is 5.61. The number of hydrogen-bond acceptors (Lipinski definition) is 5. The number of benzene rings is 1. The molecule has 6 nitrogen and oxygen atoms in total. The van der Waals surface area contributed by atoms with E-state index in [0.717, 1.165) is 17.9 Å². The van der Waals surface area contributed by atoms with Gasteiger partial charge in [0, 0.05) is 17.9 Å². The van der Waals surface area contributed by atoms with Gasteiger partial charge in [0.05, 0.1) is 6.10 Å². The van der Waals surface area contributed by atoms with Crippen LogP contribution >= 0.6 is 0 Å². The Morgan fingerprint density at radius 3 is 2.50 bits per heavy atom. The van der Waals surface area contributed by atoms with Crippen LogP contribution in [0.3, 0.4) is 0 Å². The molecule has 2 N–H and O–H groups in total. The zero-order valence-electron chi connectivity index (χ0n) is 14.5. The van der Waals surface area contributed by atoms with Crippen LogP contribution in [-0.2, 0) is 0 Å². The van der Waals surface area contributed by atoms with E-state index in [9.17, 15) is 4.79 Å². The predicted molar refractivity (Wildman–Crippen MR) is 94.7 cm³/mol. The molecule has 0 bridgehead atoms. The Kier molecular flexibility index (Phi) is 6.12. The van der Waals surface area contributed by atoms with Gasteiger partial charge in [-0.25, -0.2) is 9.97 Å². The molecule has 0 radical (unpaired) electrons. The zero-order chi connectivity index (χ0) is 17.5. The second-order valence-corrected chi connectivity index (χ2v) is 5.86. The lowest BCUT2D eigenvalue weighted by molar-refractivity contribution is 0.0934. The van der Waals surface area contributed by atoms with Crippen LogP contribution in [0.25, 0.3) is 0 Å². The fraction of sp³-hybridized carbons (Fsp3) is 0.389. The van der Waals surface area contributed by atoms with Crippen molar-refractivity contribution in [3.63, 3.8) is 0 Å². The smallest absolute Gasteiger partial charge is 0.270 e. The largest absolute Gasteiger partial charge is 0.491 e. The van der Waals surface area contributed by atoms with Gasteiger partial charge in [-0.05, 0) is 57.5 Å². The number of ether oxygens (including phenoxy) is 1. The maximum Gasteiger partial charge on any atom is 0.270 e. The average Bonchev–Trinajstić information content (AvgIpc) is 2.56. The van der Waals surface area contributed by atoms with E-state index in [1.54, 1.807) is 12.3 Å². The van der Waals surface area contributed by atoms with Gasteiger partial charge in [0.15, 0.2) is 0 Å². The molecule has 24 heavy (non-hydrogen) atoms. The third-order valence-corrected chi connectivity index (χ3v) is 3.36. The van der Waals surface area contributed by atoms with Gasteiger partial charge < -0.3 is 15.4 Å². The van der Waals surface area contributed by atoms with Crippen molar-refractivity contribution < 1.29 is 9.53 Å². The quantitative estimate of drug-likeness (QED) is 0.813. The Bertz CT molecular complexity index is 671. The lowest BCUT2D eigenvalue weighted by Crippen LogP contribution is -2.32. The predicted octanol–water partition coefficient (Wildman–Crippen LogP) is 3.54. The van der Waals surface area contributed by atoms with E-state index in [4.69, 9.17) is 4.74 Å². The van der Waals surface area contributed by atoms with Crippen molar-refractivity contribution in [3.8, 4) is 5.75 Å². The van der Waals surface area contributed by atoms with E-state index in [1.807, 2.05) is 52.0 Å². The number of nitrogens with zero attached hydrogens (tertiary/aromatic N) is 2. The summed E-state index contributed by atoms with van der Waals surface area (Å²) in [4.78, 5) is 20.5. The zero-order valence-corrected chi connectivity index (χ0v) is 14.5. The van der Waals surface area contributed by atoms with E-state index < -0.39 is 0 Å². The molecule has 128 valence electrons. The maximum atomic E-state index is 12.1. The topological polar surface area (TPSA) is 76.1 Å². The Morgan fingerprint density at radius 1 is 1.17 bits per heavy atom. The van der Waals surface area contributed by atoms with Gasteiger partial charge >= 0.3 is 0 Å². The van der Waals surface area contributed by atoms with Gasteiger partial charge in [-0.2, -0.15) is 0 Å². The van der Waals surface area contributed by atoms with E-state index in [1.165, 1.54) is 0 Å². The first-order valence-electron chi connectivity index (χ1n) is 8.15. The number of carbonyl (C=O) groups is 1. The van der Waals surface area contributed by atoms with Crippen molar-refractivity contribution >= 4 is 17.5 Å². The molecular formula is C18H24N4O2. The van der Waals surface area contributed by atoms with Crippen molar-refractivity contribution in [3.05, 3.63) is 42.2 Å². The highest BCUT2D eigenvalue weighted by Crippen LogP contribution is 2.19. The summed E-state index contributed by atoms with van der Waals surface area (Å²) in [7, 11) is 0. The first-order chi connectivity index (χ1) is 11.5. The van der Waals surface area contributed by atoms with Crippen LogP contribution in [0.2, 0.25) is 0 Å². The van der Waals surface area contributed by atoms with Gasteiger partial charge in [0.25, 0.3) is 5.91 Å². The molecule has 6 heteroatoms. The van der Waals surface area contributed by atoms with Crippen molar-refractivity contribution in [2.24, 2.45) is 0 Å². The van der Waals surface area contributed by atoms with Crippen LogP contribution in [0.1, 0.15) is 44.6 Å². The summed E-state index contributed by atoms with van der Waals surface area (Å²) in [5, 5.41) is 5.98. The molecule has 0 aliphatic heterocycles. The number of hydrogen-bond donors (Lipinski definition) is 2. The normalized spacial score (nSPS) is 11.9. The molecule has 0 fully saturated rings. The molecule has 0 saturated carbocycles. The Hall–Kier alpha value is -2.63. The summed E-state index contributed by atoms with van der Waals surface area (Å²) >= 11 is 0. The number of aromatic nitrogens is 2. The minimum Gasteiger partial charge on any atom is -0.491 e. The van der Waals surface area contributed by atoms with Gasteiger partial charge in [0.2, 0.25) is 5.95 Å². The number of rotatable bonds is 7. The summed E-state index contributed by atoms with van der Waals surface area (Å²) in [6.07, 6.45) is 2.57. The Morgan fingerprint density at radius 2 is 1.88 bits per heavy atom. The highest BCUT2D eigenvalue weighted by molar-refractivity contribution is 5.92. The minimum absolute atomic E-state index is 0.109. The van der Waals surface area contributed by atoms with Gasteiger partial charge in [-0.1, -0.05) is 6.92 Å². The molecule has 1 atom stereocenters. The van der Waals surface area contributed by atoms with E-state index >= 15 is 0 Å². The number of amides is 1. The molecule has 1 heterocycles. The molecule has 1 amide bonds. The molecular weight excluding hydrogens is 304 g/mol. The first kappa shape index (κ1) is 17.7. The SMILES string of the molecule is CCC(C)NC(=O)c1ccnc(Nc2ccc(OC(C)C)cc2)n1. The number of nitrogens with one attached hydrogen (secondary N) is 2. The summed E-state index contributed by atoms with van der Waals surface area (Å²) in [6, 6.07) is 9.23. The summed E-state index contributed by atoms with van der Waals surface area (Å²) in [6.45, 7) is 7.94.